The van der Waals surface area contributed by atoms with Crippen molar-refractivity contribution in [3.8, 4) is 5.88 Å². The van der Waals surface area contributed by atoms with Crippen LogP contribution in [0.4, 0.5) is 13.2 Å². The Labute approximate surface area is 142 Å². The lowest BCUT2D eigenvalue weighted by Gasteiger charge is -2.16. The van der Waals surface area contributed by atoms with Crippen molar-refractivity contribution < 1.29 is 22.7 Å². The summed E-state index contributed by atoms with van der Waals surface area (Å²) < 4.78 is 41.1. The highest BCUT2D eigenvalue weighted by Gasteiger charge is 2.44. The van der Waals surface area contributed by atoms with Crippen LogP contribution in [0.1, 0.15) is 28.9 Å². The molecule has 8 heteroatoms. The normalized spacial score (nSPS) is 15.5. The number of amides is 1. The number of pyridine rings is 2. The topological polar surface area (TPSA) is 64.1 Å². The zero-order chi connectivity index (χ0) is 17.9. The van der Waals surface area contributed by atoms with Crippen molar-refractivity contribution in [2.24, 2.45) is 0 Å². The van der Waals surface area contributed by atoms with E-state index < -0.39 is 18.7 Å². The van der Waals surface area contributed by atoms with Crippen LogP contribution in [0.15, 0.2) is 42.7 Å². The highest BCUT2D eigenvalue weighted by Crippen LogP contribution is 2.47. The quantitative estimate of drug-likeness (QED) is 0.869. The number of aromatic nitrogens is 2. The first-order valence-corrected chi connectivity index (χ1v) is 7.73. The molecule has 0 aromatic carbocycles. The van der Waals surface area contributed by atoms with Gasteiger partial charge in [-0.2, -0.15) is 13.2 Å². The van der Waals surface area contributed by atoms with Gasteiger partial charge in [-0.15, -0.1) is 0 Å². The molecule has 1 saturated carbocycles. The van der Waals surface area contributed by atoms with Crippen LogP contribution in [-0.4, -0.2) is 35.2 Å². The van der Waals surface area contributed by atoms with Crippen molar-refractivity contribution in [2.45, 2.75) is 24.4 Å². The molecule has 132 valence electrons. The Morgan fingerprint density at radius 1 is 1.20 bits per heavy atom. The summed E-state index contributed by atoms with van der Waals surface area (Å²) in [5, 5.41) is 2.80. The number of alkyl halides is 3. The van der Waals surface area contributed by atoms with Gasteiger partial charge in [0, 0.05) is 30.4 Å². The third-order valence-corrected chi connectivity index (χ3v) is 4.07. The molecule has 2 aromatic rings. The molecule has 1 aliphatic rings. The molecule has 0 atom stereocenters. The van der Waals surface area contributed by atoms with Gasteiger partial charge in [-0.25, -0.2) is 4.98 Å². The first-order chi connectivity index (χ1) is 11.9. The molecule has 2 aromatic heterocycles. The molecular weight excluding hydrogens is 335 g/mol. The minimum absolute atomic E-state index is 0.0187. The van der Waals surface area contributed by atoms with Gasteiger partial charge in [-0.1, -0.05) is 6.07 Å². The Morgan fingerprint density at radius 3 is 2.56 bits per heavy atom. The van der Waals surface area contributed by atoms with E-state index in [0.717, 1.165) is 18.4 Å². The number of carbonyl (C=O) groups is 1. The molecule has 1 fully saturated rings. The summed E-state index contributed by atoms with van der Waals surface area (Å²) in [4.78, 5) is 20.0. The van der Waals surface area contributed by atoms with Gasteiger partial charge in [-0.05, 0) is 36.6 Å². The molecular formula is C17H16F3N3O2. The Balaban J connectivity index is 1.60. The van der Waals surface area contributed by atoms with Crippen LogP contribution in [-0.2, 0) is 5.41 Å². The zero-order valence-electron chi connectivity index (χ0n) is 13.2. The van der Waals surface area contributed by atoms with Crippen LogP contribution in [0, 0.1) is 0 Å². The molecule has 5 nitrogen and oxygen atoms in total. The van der Waals surface area contributed by atoms with Crippen LogP contribution in [0.5, 0.6) is 5.88 Å². The Bertz CT molecular complexity index is 746. The zero-order valence-corrected chi connectivity index (χ0v) is 13.2. The van der Waals surface area contributed by atoms with E-state index in [1.807, 2.05) is 12.1 Å². The van der Waals surface area contributed by atoms with E-state index in [-0.39, 0.29) is 17.0 Å². The molecule has 0 unspecified atom stereocenters. The highest BCUT2D eigenvalue weighted by atomic mass is 19.4. The van der Waals surface area contributed by atoms with Crippen LogP contribution in [0.3, 0.4) is 0 Å². The van der Waals surface area contributed by atoms with Gasteiger partial charge in [0.2, 0.25) is 5.88 Å². The van der Waals surface area contributed by atoms with Crippen molar-refractivity contribution in [3.63, 3.8) is 0 Å². The van der Waals surface area contributed by atoms with Gasteiger partial charge in [0.05, 0.1) is 0 Å². The summed E-state index contributed by atoms with van der Waals surface area (Å²) in [5.74, 6) is -0.682. The maximum absolute atomic E-state index is 12.2. The lowest BCUT2D eigenvalue weighted by Crippen LogP contribution is -2.32. The summed E-state index contributed by atoms with van der Waals surface area (Å²) in [6.07, 6.45) is 0.877. The van der Waals surface area contributed by atoms with Gasteiger partial charge >= 0.3 is 6.18 Å². The fraction of sp³-hybridized carbons (Fsp3) is 0.353. The summed E-state index contributed by atoms with van der Waals surface area (Å²) in [7, 11) is 0. The third-order valence-electron chi connectivity index (χ3n) is 4.07. The minimum Gasteiger partial charge on any atom is -0.468 e. The molecule has 1 N–H and O–H groups in total. The smallest absolute Gasteiger partial charge is 0.422 e. The number of hydrogen-bond acceptors (Lipinski definition) is 4. The van der Waals surface area contributed by atoms with E-state index in [9.17, 15) is 18.0 Å². The van der Waals surface area contributed by atoms with Gasteiger partial charge in [0.1, 0.15) is 5.69 Å². The number of nitrogens with one attached hydrogen (secondary N) is 1. The SMILES string of the molecule is O=C(NCC1(c2ccncc2)CC1)c1cccc(OCC(F)(F)F)n1. The predicted octanol–water partition coefficient (Wildman–Crippen LogP) is 2.88. The second-order valence-electron chi connectivity index (χ2n) is 5.96. The molecule has 0 aliphatic heterocycles. The van der Waals surface area contributed by atoms with Crippen molar-refractivity contribution in [1.29, 1.82) is 0 Å². The van der Waals surface area contributed by atoms with Crippen LogP contribution in [0.25, 0.3) is 0 Å². The second-order valence-corrected chi connectivity index (χ2v) is 5.96. The van der Waals surface area contributed by atoms with E-state index in [0.29, 0.717) is 6.54 Å². The number of hydrogen-bond donors (Lipinski definition) is 1. The molecule has 0 spiro atoms. The molecule has 1 amide bonds. The number of rotatable bonds is 6. The van der Waals surface area contributed by atoms with Crippen molar-refractivity contribution in [3.05, 3.63) is 54.0 Å². The lowest BCUT2D eigenvalue weighted by atomic mass is 9.97. The molecule has 0 saturated heterocycles. The number of halogens is 3. The largest absolute Gasteiger partial charge is 0.468 e. The summed E-state index contributed by atoms with van der Waals surface area (Å²) >= 11 is 0. The Morgan fingerprint density at radius 2 is 1.92 bits per heavy atom. The van der Waals surface area contributed by atoms with Gasteiger partial charge in [-0.3, -0.25) is 9.78 Å². The summed E-state index contributed by atoms with van der Waals surface area (Å²) in [6.45, 7) is -1.01. The van der Waals surface area contributed by atoms with Crippen molar-refractivity contribution >= 4 is 5.91 Å². The fourth-order valence-corrected chi connectivity index (χ4v) is 2.54. The van der Waals surface area contributed by atoms with Gasteiger partial charge in [0.15, 0.2) is 6.61 Å². The predicted molar refractivity (Wildman–Crippen MR) is 83.3 cm³/mol. The van der Waals surface area contributed by atoms with E-state index in [1.54, 1.807) is 12.4 Å². The van der Waals surface area contributed by atoms with E-state index in [4.69, 9.17) is 0 Å². The first kappa shape index (κ1) is 17.2. The molecule has 3 rings (SSSR count). The first-order valence-electron chi connectivity index (χ1n) is 7.73. The molecule has 0 radical (unpaired) electrons. The average Bonchev–Trinajstić information content (AvgIpc) is 3.40. The molecule has 25 heavy (non-hydrogen) atoms. The van der Waals surface area contributed by atoms with Crippen LogP contribution >= 0.6 is 0 Å². The molecule has 1 aliphatic carbocycles. The summed E-state index contributed by atoms with van der Waals surface area (Å²) in [6, 6.07) is 7.99. The van der Waals surface area contributed by atoms with Gasteiger partial charge in [0.25, 0.3) is 5.91 Å². The minimum atomic E-state index is -4.46. The molecule has 2 heterocycles. The fourth-order valence-electron chi connectivity index (χ4n) is 2.54. The molecule has 0 bridgehead atoms. The highest BCUT2D eigenvalue weighted by molar-refractivity contribution is 5.92. The van der Waals surface area contributed by atoms with Gasteiger partial charge < -0.3 is 10.1 Å². The number of ether oxygens (including phenoxy) is 1. The van der Waals surface area contributed by atoms with Crippen LogP contribution < -0.4 is 10.1 Å². The van der Waals surface area contributed by atoms with Crippen molar-refractivity contribution in [2.75, 3.05) is 13.2 Å². The standard InChI is InChI=1S/C17H16F3N3O2/c18-17(19,20)11-25-14-3-1-2-13(23-14)15(24)22-10-16(6-7-16)12-4-8-21-9-5-12/h1-5,8-9H,6-7,10-11H2,(H,22,24). The number of nitrogens with zero attached hydrogens (tertiary/aromatic N) is 2. The monoisotopic (exact) mass is 351 g/mol. The average molecular weight is 351 g/mol. The van der Waals surface area contributed by atoms with Crippen LogP contribution in [0.2, 0.25) is 0 Å². The number of carbonyl (C=O) groups excluding carboxylic acids is 1. The van der Waals surface area contributed by atoms with Crippen molar-refractivity contribution in [1.82, 2.24) is 15.3 Å². The summed E-state index contributed by atoms with van der Waals surface area (Å²) in [5.41, 5.74) is 1.03. The maximum atomic E-state index is 12.2. The Hall–Kier alpha value is -2.64. The van der Waals surface area contributed by atoms with E-state index in [2.05, 4.69) is 20.0 Å². The van der Waals surface area contributed by atoms with E-state index in [1.165, 1.54) is 18.2 Å². The maximum Gasteiger partial charge on any atom is 0.422 e. The Kier molecular flexibility index (Phi) is 4.61. The van der Waals surface area contributed by atoms with E-state index >= 15 is 0 Å². The second kappa shape index (κ2) is 6.70. The lowest BCUT2D eigenvalue weighted by molar-refractivity contribution is -0.154. The third kappa shape index (κ3) is 4.46.